The number of hydrogen-bond acceptors (Lipinski definition) is 4. The Kier molecular flexibility index (Phi) is 3.77. The fourth-order valence-electron chi connectivity index (χ4n) is 1.64. The molecule has 0 saturated heterocycles. The van der Waals surface area contributed by atoms with Crippen LogP contribution in [0.5, 0.6) is 5.75 Å². The van der Waals surface area contributed by atoms with Crippen molar-refractivity contribution in [1.29, 1.82) is 0 Å². The highest BCUT2D eigenvalue weighted by molar-refractivity contribution is 7.09. The van der Waals surface area contributed by atoms with Crippen LogP contribution in [0.4, 0.5) is 0 Å². The van der Waals surface area contributed by atoms with Crippen molar-refractivity contribution in [2.24, 2.45) is 0 Å². The molecule has 0 atom stereocenters. The van der Waals surface area contributed by atoms with Gasteiger partial charge in [-0.15, -0.1) is 11.3 Å². The average Bonchev–Trinajstić information content (AvgIpc) is 2.73. The number of Topliss-reactive ketones (excluding diaryl/α,β-unsaturated/α-hetero) is 1. The Bertz CT molecular complexity index is 575. The highest BCUT2D eigenvalue weighted by Crippen LogP contribution is 2.21. The van der Waals surface area contributed by atoms with Gasteiger partial charge in [-0.1, -0.05) is 0 Å². The SMILES string of the molecule is CC(=O)c1ccc(OCc2nc(C)cs2)c(C)c1. The van der Waals surface area contributed by atoms with Crippen LogP contribution < -0.4 is 4.74 Å². The molecule has 0 aliphatic carbocycles. The Balaban J connectivity index is 2.08. The average molecular weight is 261 g/mol. The van der Waals surface area contributed by atoms with Gasteiger partial charge >= 0.3 is 0 Å². The first-order valence-corrected chi connectivity index (χ1v) is 6.59. The van der Waals surface area contributed by atoms with Crippen molar-refractivity contribution in [2.45, 2.75) is 27.4 Å². The summed E-state index contributed by atoms with van der Waals surface area (Å²) in [6.45, 7) is 5.94. The molecule has 18 heavy (non-hydrogen) atoms. The number of aromatic nitrogens is 1. The van der Waals surface area contributed by atoms with Gasteiger partial charge in [-0.05, 0) is 44.5 Å². The van der Waals surface area contributed by atoms with Crippen LogP contribution in [-0.2, 0) is 6.61 Å². The predicted octanol–water partition coefficient (Wildman–Crippen LogP) is 3.54. The maximum Gasteiger partial charge on any atom is 0.159 e. The molecule has 0 bridgehead atoms. The second kappa shape index (κ2) is 5.31. The Labute approximate surface area is 110 Å². The second-order valence-electron chi connectivity index (χ2n) is 4.21. The van der Waals surface area contributed by atoms with Gasteiger partial charge in [0.15, 0.2) is 5.78 Å². The van der Waals surface area contributed by atoms with Crippen molar-refractivity contribution >= 4 is 17.1 Å². The summed E-state index contributed by atoms with van der Waals surface area (Å²) in [5.41, 5.74) is 2.70. The minimum atomic E-state index is 0.0696. The normalized spacial score (nSPS) is 10.4. The summed E-state index contributed by atoms with van der Waals surface area (Å²) in [6.07, 6.45) is 0. The van der Waals surface area contributed by atoms with E-state index < -0.39 is 0 Å². The molecule has 0 spiro atoms. The zero-order valence-electron chi connectivity index (χ0n) is 10.7. The van der Waals surface area contributed by atoms with Gasteiger partial charge < -0.3 is 4.74 Å². The first-order valence-electron chi connectivity index (χ1n) is 5.71. The van der Waals surface area contributed by atoms with Crippen LogP contribution in [0.2, 0.25) is 0 Å². The molecule has 0 aliphatic rings. The van der Waals surface area contributed by atoms with Crippen molar-refractivity contribution in [3.8, 4) is 5.75 Å². The third-order valence-electron chi connectivity index (χ3n) is 2.60. The molecule has 0 fully saturated rings. The molecular weight excluding hydrogens is 246 g/mol. The van der Waals surface area contributed by atoms with Crippen LogP contribution in [0.1, 0.15) is 33.5 Å². The molecule has 0 N–H and O–H groups in total. The Morgan fingerprint density at radius 3 is 2.72 bits per heavy atom. The van der Waals surface area contributed by atoms with Crippen LogP contribution in [0.3, 0.4) is 0 Å². The highest BCUT2D eigenvalue weighted by Gasteiger charge is 2.06. The molecule has 0 radical (unpaired) electrons. The fourth-order valence-corrected chi connectivity index (χ4v) is 2.32. The van der Waals surface area contributed by atoms with Crippen LogP contribution >= 0.6 is 11.3 Å². The molecular formula is C14H15NO2S. The molecule has 4 heteroatoms. The largest absolute Gasteiger partial charge is 0.486 e. The van der Waals surface area contributed by atoms with Gasteiger partial charge in [0.2, 0.25) is 0 Å². The van der Waals surface area contributed by atoms with Gasteiger partial charge in [-0.3, -0.25) is 4.79 Å². The van der Waals surface area contributed by atoms with Crippen LogP contribution in [0.25, 0.3) is 0 Å². The number of ketones is 1. The zero-order valence-corrected chi connectivity index (χ0v) is 11.5. The summed E-state index contributed by atoms with van der Waals surface area (Å²) in [5, 5.41) is 2.97. The number of thiazole rings is 1. The molecule has 0 amide bonds. The van der Waals surface area contributed by atoms with Gasteiger partial charge in [0, 0.05) is 16.6 Å². The minimum Gasteiger partial charge on any atom is -0.486 e. The molecule has 2 rings (SSSR count). The van der Waals surface area contributed by atoms with Gasteiger partial charge in [0.05, 0.1) is 0 Å². The Morgan fingerprint density at radius 1 is 1.39 bits per heavy atom. The number of benzene rings is 1. The van der Waals surface area contributed by atoms with Crippen LogP contribution in [0, 0.1) is 13.8 Å². The van der Waals surface area contributed by atoms with E-state index in [0.717, 1.165) is 22.0 Å². The summed E-state index contributed by atoms with van der Waals surface area (Å²) < 4.78 is 5.71. The third-order valence-corrected chi connectivity index (χ3v) is 3.54. The minimum absolute atomic E-state index is 0.0696. The van der Waals surface area contributed by atoms with Crippen LogP contribution in [0.15, 0.2) is 23.6 Å². The quantitative estimate of drug-likeness (QED) is 0.790. The maximum absolute atomic E-state index is 11.2. The molecule has 1 aromatic heterocycles. The number of rotatable bonds is 4. The van der Waals surface area contributed by atoms with E-state index in [-0.39, 0.29) is 5.78 Å². The van der Waals surface area contributed by atoms with Crippen molar-refractivity contribution in [2.75, 3.05) is 0 Å². The number of hydrogen-bond donors (Lipinski definition) is 0. The lowest BCUT2D eigenvalue weighted by Gasteiger charge is -2.08. The second-order valence-corrected chi connectivity index (χ2v) is 5.15. The molecule has 1 aromatic carbocycles. The van der Waals surface area contributed by atoms with E-state index >= 15 is 0 Å². The molecule has 0 saturated carbocycles. The maximum atomic E-state index is 11.2. The van der Waals surface area contributed by atoms with Gasteiger partial charge in [0.25, 0.3) is 0 Å². The molecule has 94 valence electrons. The predicted molar refractivity (Wildman–Crippen MR) is 72.4 cm³/mol. The van der Waals surface area contributed by atoms with Crippen molar-refractivity contribution < 1.29 is 9.53 Å². The number of aryl methyl sites for hydroxylation is 2. The van der Waals surface area contributed by atoms with E-state index in [0.29, 0.717) is 12.2 Å². The summed E-state index contributed by atoms with van der Waals surface area (Å²) in [6, 6.07) is 5.48. The summed E-state index contributed by atoms with van der Waals surface area (Å²) in [5.74, 6) is 0.869. The number of carbonyl (C=O) groups is 1. The smallest absolute Gasteiger partial charge is 0.159 e. The monoisotopic (exact) mass is 261 g/mol. The van der Waals surface area contributed by atoms with Gasteiger partial charge in [-0.2, -0.15) is 0 Å². The molecule has 0 unspecified atom stereocenters. The number of ether oxygens (including phenoxy) is 1. The first-order chi connectivity index (χ1) is 8.56. The number of carbonyl (C=O) groups excluding carboxylic acids is 1. The van der Waals surface area contributed by atoms with Crippen molar-refractivity contribution in [3.63, 3.8) is 0 Å². The number of nitrogens with zero attached hydrogens (tertiary/aromatic N) is 1. The molecule has 3 nitrogen and oxygen atoms in total. The van der Waals surface area contributed by atoms with E-state index in [1.54, 1.807) is 24.3 Å². The summed E-state index contributed by atoms with van der Waals surface area (Å²) in [7, 11) is 0. The van der Waals surface area contributed by atoms with Crippen molar-refractivity contribution in [3.05, 3.63) is 45.4 Å². The van der Waals surface area contributed by atoms with Gasteiger partial charge in [-0.25, -0.2) is 4.98 Å². The van der Waals surface area contributed by atoms with E-state index in [2.05, 4.69) is 4.98 Å². The van der Waals surface area contributed by atoms with Crippen LogP contribution in [-0.4, -0.2) is 10.8 Å². The van der Waals surface area contributed by atoms with Gasteiger partial charge in [0.1, 0.15) is 17.4 Å². The first kappa shape index (κ1) is 12.8. The summed E-state index contributed by atoms with van der Waals surface area (Å²) in [4.78, 5) is 15.6. The molecule has 1 heterocycles. The third kappa shape index (κ3) is 2.96. The Morgan fingerprint density at radius 2 is 2.17 bits per heavy atom. The van der Waals surface area contributed by atoms with E-state index in [9.17, 15) is 4.79 Å². The molecule has 2 aromatic rings. The fraction of sp³-hybridized carbons (Fsp3) is 0.286. The van der Waals surface area contributed by atoms with E-state index in [1.165, 1.54) is 0 Å². The lowest BCUT2D eigenvalue weighted by atomic mass is 10.1. The lowest BCUT2D eigenvalue weighted by Crippen LogP contribution is -1.99. The van der Waals surface area contributed by atoms with E-state index in [1.807, 2.05) is 31.4 Å². The lowest BCUT2D eigenvalue weighted by molar-refractivity contribution is 0.101. The summed E-state index contributed by atoms with van der Waals surface area (Å²) >= 11 is 1.59. The topological polar surface area (TPSA) is 39.2 Å². The highest BCUT2D eigenvalue weighted by atomic mass is 32.1. The van der Waals surface area contributed by atoms with E-state index in [4.69, 9.17) is 4.74 Å². The zero-order chi connectivity index (χ0) is 13.1. The van der Waals surface area contributed by atoms with Crippen molar-refractivity contribution in [1.82, 2.24) is 4.98 Å². The standard InChI is InChI=1S/C14H15NO2S/c1-9-6-12(11(3)16)4-5-13(9)17-7-14-15-10(2)8-18-14/h4-6,8H,7H2,1-3H3. The molecule has 0 aliphatic heterocycles. The Hall–Kier alpha value is -1.68.